The van der Waals surface area contributed by atoms with Crippen LogP contribution in [0.25, 0.3) is 0 Å². The molecular formula is C13H28ClN3O3S. The van der Waals surface area contributed by atoms with Gasteiger partial charge in [0, 0.05) is 32.6 Å². The predicted octanol–water partition coefficient (Wildman–Crippen LogP) is 0.811. The molecule has 2 N–H and O–H groups in total. The molecule has 0 aromatic heterocycles. The second kappa shape index (κ2) is 10.4. The molecule has 1 amide bonds. The Morgan fingerprint density at radius 1 is 1.05 bits per heavy atom. The van der Waals surface area contributed by atoms with Crippen LogP contribution in [0.3, 0.4) is 0 Å². The number of amides is 1. The Hall–Kier alpha value is -0.370. The molecule has 1 fully saturated rings. The fourth-order valence-corrected chi connectivity index (χ4v) is 3.28. The van der Waals surface area contributed by atoms with Crippen molar-refractivity contribution >= 4 is 28.3 Å². The zero-order valence-electron chi connectivity index (χ0n) is 12.8. The predicted molar refractivity (Wildman–Crippen MR) is 87.0 cm³/mol. The van der Waals surface area contributed by atoms with Gasteiger partial charge in [-0.15, -0.1) is 12.4 Å². The van der Waals surface area contributed by atoms with Crippen LogP contribution in [0, 0.1) is 0 Å². The normalized spacial score (nSPS) is 17.1. The summed E-state index contributed by atoms with van der Waals surface area (Å²) >= 11 is 0. The summed E-state index contributed by atoms with van der Waals surface area (Å²) in [5.41, 5.74) is 5.42. The molecule has 0 spiro atoms. The molecule has 0 saturated carbocycles. The maximum atomic E-state index is 12.1. The molecule has 0 atom stereocenters. The number of hydrogen-bond donors (Lipinski definition) is 1. The maximum Gasteiger partial charge on any atom is 0.222 e. The molecule has 21 heavy (non-hydrogen) atoms. The Morgan fingerprint density at radius 3 is 2.33 bits per heavy atom. The first kappa shape index (κ1) is 20.6. The van der Waals surface area contributed by atoms with E-state index in [0.29, 0.717) is 45.6 Å². The van der Waals surface area contributed by atoms with E-state index in [4.69, 9.17) is 5.73 Å². The SMILES string of the molecule is CS(=O)(=O)N1CCCN(C(=O)CCCCCCN)CC1.Cl. The number of carbonyl (C=O) groups is 1. The van der Waals surface area contributed by atoms with Gasteiger partial charge in [0.1, 0.15) is 0 Å². The molecule has 0 aliphatic carbocycles. The van der Waals surface area contributed by atoms with Crippen molar-refractivity contribution in [2.75, 3.05) is 39.0 Å². The van der Waals surface area contributed by atoms with Crippen molar-refractivity contribution in [1.29, 1.82) is 0 Å². The molecule has 1 aliphatic heterocycles. The summed E-state index contributed by atoms with van der Waals surface area (Å²) in [5.74, 6) is 0.146. The van der Waals surface area contributed by atoms with Gasteiger partial charge in [0.25, 0.3) is 0 Å². The van der Waals surface area contributed by atoms with E-state index in [1.165, 1.54) is 10.6 Å². The quantitative estimate of drug-likeness (QED) is 0.694. The van der Waals surface area contributed by atoms with E-state index < -0.39 is 10.0 Å². The molecule has 0 bridgehead atoms. The van der Waals surface area contributed by atoms with Gasteiger partial charge in [-0.1, -0.05) is 12.8 Å². The summed E-state index contributed by atoms with van der Waals surface area (Å²) in [6.07, 6.45) is 6.52. The lowest BCUT2D eigenvalue weighted by Gasteiger charge is -2.21. The summed E-state index contributed by atoms with van der Waals surface area (Å²) in [7, 11) is -3.14. The highest BCUT2D eigenvalue weighted by molar-refractivity contribution is 7.88. The van der Waals surface area contributed by atoms with E-state index in [2.05, 4.69) is 0 Å². The third-order valence-electron chi connectivity index (χ3n) is 3.62. The van der Waals surface area contributed by atoms with Crippen LogP contribution in [-0.4, -0.2) is 62.5 Å². The summed E-state index contributed by atoms with van der Waals surface area (Å²) in [4.78, 5) is 13.9. The fourth-order valence-electron chi connectivity index (χ4n) is 2.41. The zero-order valence-corrected chi connectivity index (χ0v) is 14.4. The zero-order chi connectivity index (χ0) is 15.0. The molecule has 1 rings (SSSR count). The van der Waals surface area contributed by atoms with Crippen molar-refractivity contribution in [2.24, 2.45) is 5.73 Å². The lowest BCUT2D eigenvalue weighted by atomic mass is 10.1. The van der Waals surface area contributed by atoms with Gasteiger partial charge >= 0.3 is 0 Å². The van der Waals surface area contributed by atoms with Gasteiger partial charge in [0.2, 0.25) is 15.9 Å². The molecule has 6 nitrogen and oxygen atoms in total. The molecule has 1 saturated heterocycles. The number of hydrogen-bond acceptors (Lipinski definition) is 4. The van der Waals surface area contributed by atoms with Crippen molar-refractivity contribution in [2.45, 2.75) is 38.5 Å². The molecule has 1 heterocycles. The van der Waals surface area contributed by atoms with Crippen LogP contribution in [-0.2, 0) is 14.8 Å². The summed E-state index contributed by atoms with van der Waals surface area (Å²) in [5, 5.41) is 0. The summed E-state index contributed by atoms with van der Waals surface area (Å²) in [6.45, 7) is 2.81. The molecule has 0 aromatic rings. The number of nitrogens with zero attached hydrogens (tertiary/aromatic N) is 2. The van der Waals surface area contributed by atoms with Crippen molar-refractivity contribution in [1.82, 2.24) is 9.21 Å². The lowest BCUT2D eigenvalue weighted by molar-refractivity contribution is -0.131. The van der Waals surface area contributed by atoms with Gasteiger partial charge in [-0.05, 0) is 25.8 Å². The highest BCUT2D eigenvalue weighted by Gasteiger charge is 2.23. The van der Waals surface area contributed by atoms with Crippen molar-refractivity contribution in [3.8, 4) is 0 Å². The minimum absolute atomic E-state index is 0. The van der Waals surface area contributed by atoms with Crippen molar-refractivity contribution in [3.63, 3.8) is 0 Å². The highest BCUT2D eigenvalue weighted by Crippen LogP contribution is 2.10. The van der Waals surface area contributed by atoms with E-state index in [0.717, 1.165) is 25.7 Å². The number of nitrogens with two attached hydrogens (primary N) is 1. The molecule has 126 valence electrons. The second-order valence-corrected chi connectivity index (χ2v) is 7.33. The van der Waals surface area contributed by atoms with Gasteiger partial charge in [-0.25, -0.2) is 12.7 Å². The second-order valence-electron chi connectivity index (χ2n) is 5.35. The number of unbranched alkanes of at least 4 members (excludes halogenated alkanes) is 3. The summed E-state index contributed by atoms with van der Waals surface area (Å²) < 4.78 is 24.5. The summed E-state index contributed by atoms with van der Waals surface area (Å²) in [6, 6.07) is 0. The Bertz CT molecular complexity index is 403. The van der Waals surface area contributed by atoms with Gasteiger partial charge in [0.05, 0.1) is 6.26 Å². The third kappa shape index (κ3) is 7.99. The minimum atomic E-state index is -3.14. The fraction of sp³-hybridized carbons (Fsp3) is 0.923. The Balaban J connectivity index is 0.00000400. The maximum absolute atomic E-state index is 12.1. The van der Waals surface area contributed by atoms with Crippen LogP contribution >= 0.6 is 12.4 Å². The third-order valence-corrected chi connectivity index (χ3v) is 4.92. The largest absolute Gasteiger partial charge is 0.341 e. The topological polar surface area (TPSA) is 83.7 Å². The number of carbonyl (C=O) groups excluding carboxylic acids is 1. The Morgan fingerprint density at radius 2 is 1.71 bits per heavy atom. The van der Waals surface area contributed by atoms with E-state index in [1.807, 2.05) is 0 Å². The molecule has 0 radical (unpaired) electrons. The van der Waals surface area contributed by atoms with Crippen LogP contribution in [0.4, 0.5) is 0 Å². The molecule has 8 heteroatoms. The number of halogens is 1. The standard InChI is InChI=1S/C13H27N3O3S.ClH/c1-20(18,19)16-10-6-9-15(11-12-16)13(17)7-4-2-3-5-8-14;/h2-12,14H2,1H3;1H. The highest BCUT2D eigenvalue weighted by atomic mass is 35.5. The Kier molecular flexibility index (Phi) is 10.2. The van der Waals surface area contributed by atoms with E-state index in [1.54, 1.807) is 4.90 Å². The molecule has 0 unspecified atom stereocenters. The first-order valence-corrected chi connectivity index (χ1v) is 9.23. The van der Waals surface area contributed by atoms with Crippen molar-refractivity contribution in [3.05, 3.63) is 0 Å². The van der Waals surface area contributed by atoms with Gasteiger partial charge < -0.3 is 10.6 Å². The minimum Gasteiger partial charge on any atom is -0.341 e. The Labute approximate surface area is 134 Å². The van der Waals surface area contributed by atoms with Crippen LogP contribution in [0.15, 0.2) is 0 Å². The first-order chi connectivity index (χ1) is 9.45. The van der Waals surface area contributed by atoms with Crippen LogP contribution in [0.5, 0.6) is 0 Å². The van der Waals surface area contributed by atoms with Gasteiger partial charge in [-0.2, -0.15) is 0 Å². The average molecular weight is 342 g/mol. The van der Waals surface area contributed by atoms with Crippen molar-refractivity contribution < 1.29 is 13.2 Å². The van der Waals surface area contributed by atoms with Crippen LogP contribution < -0.4 is 5.73 Å². The van der Waals surface area contributed by atoms with E-state index in [-0.39, 0.29) is 18.3 Å². The number of rotatable bonds is 7. The molecule has 0 aromatic carbocycles. The van der Waals surface area contributed by atoms with Crippen LogP contribution in [0.2, 0.25) is 0 Å². The van der Waals surface area contributed by atoms with Gasteiger partial charge in [-0.3, -0.25) is 4.79 Å². The molecular weight excluding hydrogens is 314 g/mol. The lowest BCUT2D eigenvalue weighted by Crippen LogP contribution is -2.36. The average Bonchev–Trinajstić information content (AvgIpc) is 2.63. The van der Waals surface area contributed by atoms with E-state index in [9.17, 15) is 13.2 Å². The van der Waals surface area contributed by atoms with Gasteiger partial charge in [0.15, 0.2) is 0 Å². The smallest absolute Gasteiger partial charge is 0.222 e. The number of sulfonamides is 1. The first-order valence-electron chi connectivity index (χ1n) is 7.38. The van der Waals surface area contributed by atoms with E-state index >= 15 is 0 Å². The van der Waals surface area contributed by atoms with Crippen LogP contribution in [0.1, 0.15) is 38.5 Å². The molecule has 1 aliphatic rings. The monoisotopic (exact) mass is 341 g/mol.